The van der Waals surface area contributed by atoms with Crippen LogP contribution in [0, 0.1) is 0 Å². The Morgan fingerprint density at radius 3 is 2.64 bits per heavy atom. The van der Waals surface area contributed by atoms with Gasteiger partial charge in [0.15, 0.2) is 6.10 Å². The summed E-state index contributed by atoms with van der Waals surface area (Å²) in [6.45, 7) is 1.94. The van der Waals surface area contributed by atoms with Gasteiger partial charge in [0, 0.05) is 19.7 Å². The van der Waals surface area contributed by atoms with Crippen LogP contribution in [0.15, 0.2) is 24.3 Å². The van der Waals surface area contributed by atoms with Gasteiger partial charge in [-0.1, -0.05) is 17.7 Å². The number of amides is 1. The van der Waals surface area contributed by atoms with E-state index in [0.717, 1.165) is 24.3 Å². The summed E-state index contributed by atoms with van der Waals surface area (Å²) in [4.78, 5) is 23.3. The van der Waals surface area contributed by atoms with Gasteiger partial charge in [0.05, 0.1) is 17.2 Å². The third kappa shape index (κ3) is 7.15. The van der Waals surface area contributed by atoms with Crippen LogP contribution in [0.2, 0.25) is 5.02 Å². The minimum absolute atomic E-state index is 0.117. The highest BCUT2D eigenvalue weighted by Gasteiger charge is 2.33. The number of halogens is 4. The van der Waals surface area contributed by atoms with Crippen LogP contribution in [0.3, 0.4) is 0 Å². The Bertz CT molecular complexity index is 647. The van der Waals surface area contributed by atoms with E-state index in [1.807, 2.05) is 0 Å². The maximum absolute atomic E-state index is 12.8. The number of carbonyl (C=O) groups excluding carboxylic acids is 2. The smallest absolute Gasteiger partial charge is 0.417 e. The number of rotatable bonds is 7. The fourth-order valence-electron chi connectivity index (χ4n) is 1.72. The lowest BCUT2D eigenvalue weighted by atomic mass is 10.1. The summed E-state index contributed by atoms with van der Waals surface area (Å²) in [7, 11) is 1.47. The van der Waals surface area contributed by atoms with E-state index in [2.05, 4.69) is 5.32 Å². The molecule has 0 aliphatic heterocycles. The summed E-state index contributed by atoms with van der Waals surface area (Å²) in [5.41, 5.74) is -0.888. The monoisotopic (exact) mass is 379 g/mol. The maximum Gasteiger partial charge on any atom is 0.417 e. The van der Waals surface area contributed by atoms with Gasteiger partial charge in [-0.25, -0.2) is 4.79 Å². The first-order valence-electron chi connectivity index (χ1n) is 7.17. The van der Waals surface area contributed by atoms with Gasteiger partial charge in [0.25, 0.3) is 5.91 Å². The Labute approximate surface area is 147 Å². The molecule has 0 aromatic heterocycles. The lowest BCUT2D eigenvalue weighted by molar-refractivity contribution is -0.150. The third-order valence-electron chi connectivity index (χ3n) is 2.98. The van der Waals surface area contributed by atoms with Gasteiger partial charge in [0.1, 0.15) is 0 Å². The highest BCUT2D eigenvalue weighted by Crippen LogP contribution is 2.35. The molecule has 1 amide bonds. The minimum atomic E-state index is -4.60. The number of methoxy groups -OCH3 is 1. The molecular weight excluding hydrogens is 363 g/mol. The van der Waals surface area contributed by atoms with E-state index in [9.17, 15) is 22.8 Å². The Balaban J connectivity index is 2.66. The molecule has 0 fully saturated rings. The predicted molar refractivity (Wildman–Crippen MR) is 85.9 cm³/mol. The average molecular weight is 380 g/mol. The van der Waals surface area contributed by atoms with E-state index in [0.29, 0.717) is 6.61 Å². The lowest BCUT2D eigenvalue weighted by Gasteiger charge is -2.12. The topological polar surface area (TPSA) is 64.6 Å². The van der Waals surface area contributed by atoms with Crippen molar-refractivity contribution in [1.82, 2.24) is 5.32 Å². The molecule has 1 rings (SSSR count). The molecule has 0 bridgehead atoms. The second-order valence-corrected chi connectivity index (χ2v) is 5.34. The Morgan fingerprint density at radius 2 is 2.04 bits per heavy atom. The molecule has 0 heterocycles. The number of hydrogen-bond donors (Lipinski definition) is 1. The number of benzene rings is 1. The molecule has 1 aromatic carbocycles. The van der Waals surface area contributed by atoms with Crippen molar-refractivity contribution in [3.05, 3.63) is 40.4 Å². The van der Waals surface area contributed by atoms with Gasteiger partial charge in [0.2, 0.25) is 0 Å². The van der Waals surface area contributed by atoms with Crippen LogP contribution >= 0.6 is 11.6 Å². The molecule has 1 atom stereocenters. The fraction of sp³-hybridized carbons (Fsp3) is 0.375. The van der Waals surface area contributed by atoms with Crippen molar-refractivity contribution < 1.29 is 32.2 Å². The second-order valence-electron chi connectivity index (χ2n) is 4.93. The highest BCUT2D eigenvalue weighted by atomic mass is 35.5. The quantitative estimate of drug-likeness (QED) is 0.449. The van der Waals surface area contributed by atoms with Gasteiger partial charge in [-0.15, -0.1) is 0 Å². The molecule has 0 radical (unpaired) electrons. The number of ether oxygens (including phenoxy) is 2. The van der Waals surface area contributed by atoms with Crippen molar-refractivity contribution in [3.63, 3.8) is 0 Å². The fourth-order valence-corrected chi connectivity index (χ4v) is 1.94. The van der Waals surface area contributed by atoms with Crippen LogP contribution in [-0.2, 0) is 25.2 Å². The van der Waals surface area contributed by atoms with Crippen molar-refractivity contribution in [2.24, 2.45) is 0 Å². The minimum Gasteiger partial charge on any atom is -0.449 e. The molecule has 138 valence electrons. The van der Waals surface area contributed by atoms with Crippen molar-refractivity contribution >= 4 is 29.6 Å². The maximum atomic E-state index is 12.8. The first-order valence-corrected chi connectivity index (χ1v) is 7.55. The highest BCUT2D eigenvalue weighted by molar-refractivity contribution is 6.31. The molecule has 25 heavy (non-hydrogen) atoms. The third-order valence-corrected chi connectivity index (χ3v) is 3.30. The van der Waals surface area contributed by atoms with E-state index in [1.165, 1.54) is 20.1 Å². The van der Waals surface area contributed by atoms with Gasteiger partial charge in [-0.2, -0.15) is 13.2 Å². The molecular formula is C16H17ClF3NO4. The van der Waals surface area contributed by atoms with Gasteiger partial charge in [-0.05, 0) is 30.7 Å². The van der Waals surface area contributed by atoms with Crippen LogP contribution in [0.4, 0.5) is 13.2 Å². The van der Waals surface area contributed by atoms with Gasteiger partial charge < -0.3 is 14.8 Å². The second kappa shape index (κ2) is 9.43. The van der Waals surface area contributed by atoms with Crippen molar-refractivity contribution in [1.29, 1.82) is 0 Å². The summed E-state index contributed by atoms with van der Waals surface area (Å²) in [6, 6.07) is 3.22. The summed E-state index contributed by atoms with van der Waals surface area (Å²) in [5, 5.41) is 2.05. The lowest BCUT2D eigenvalue weighted by Crippen LogP contribution is -2.37. The molecule has 1 aromatic rings. The van der Waals surface area contributed by atoms with Gasteiger partial charge >= 0.3 is 12.1 Å². The zero-order chi connectivity index (χ0) is 19.0. The van der Waals surface area contributed by atoms with Crippen LogP contribution in [0.5, 0.6) is 0 Å². The first-order chi connectivity index (χ1) is 11.6. The molecule has 1 N–H and O–H groups in total. The SMILES string of the molecule is COCCNC(=O)[C@@H](C)OC(=O)/C=C/c1ccc(Cl)c(C(F)(F)F)c1. The number of nitrogens with one attached hydrogen (secondary N) is 1. The number of carbonyl (C=O) groups is 2. The molecule has 5 nitrogen and oxygen atoms in total. The van der Waals surface area contributed by atoms with Crippen molar-refractivity contribution in [3.8, 4) is 0 Å². The standard InChI is InChI=1S/C16H17ClF3NO4/c1-10(15(23)21-7-8-24-2)25-14(22)6-4-11-3-5-13(17)12(9-11)16(18,19)20/h3-6,9-10H,7-8H2,1-2H3,(H,21,23)/b6-4+/t10-/m1/s1. The Hall–Kier alpha value is -2.06. The zero-order valence-electron chi connectivity index (χ0n) is 13.5. The summed E-state index contributed by atoms with van der Waals surface area (Å²) in [6.07, 6.45) is -3.58. The first kappa shape index (κ1) is 21.0. The van der Waals surface area contributed by atoms with E-state index in [-0.39, 0.29) is 12.1 Å². The molecule has 0 spiro atoms. The van der Waals surface area contributed by atoms with E-state index >= 15 is 0 Å². The molecule has 0 aliphatic rings. The molecule has 0 saturated heterocycles. The van der Waals surface area contributed by atoms with E-state index in [1.54, 1.807) is 0 Å². The van der Waals surface area contributed by atoms with Crippen molar-refractivity contribution in [2.45, 2.75) is 19.2 Å². The van der Waals surface area contributed by atoms with E-state index < -0.39 is 34.7 Å². The average Bonchev–Trinajstić information content (AvgIpc) is 2.53. The number of esters is 1. The van der Waals surface area contributed by atoms with Crippen molar-refractivity contribution in [2.75, 3.05) is 20.3 Å². The predicted octanol–water partition coefficient (Wildman–Crippen LogP) is 3.07. The van der Waals surface area contributed by atoms with Crippen LogP contribution in [-0.4, -0.2) is 38.2 Å². The van der Waals surface area contributed by atoms with Crippen LogP contribution in [0.1, 0.15) is 18.1 Å². The Kier molecular flexibility index (Phi) is 7.92. The largest absolute Gasteiger partial charge is 0.449 e. The number of alkyl halides is 3. The summed E-state index contributed by atoms with van der Waals surface area (Å²) < 4.78 is 47.9. The van der Waals surface area contributed by atoms with Crippen LogP contribution in [0.25, 0.3) is 6.08 Å². The van der Waals surface area contributed by atoms with E-state index in [4.69, 9.17) is 21.1 Å². The van der Waals surface area contributed by atoms with Gasteiger partial charge in [-0.3, -0.25) is 4.79 Å². The summed E-state index contributed by atoms with van der Waals surface area (Å²) in [5.74, 6) is -1.37. The molecule has 0 saturated carbocycles. The Morgan fingerprint density at radius 1 is 1.36 bits per heavy atom. The van der Waals surface area contributed by atoms with Crippen LogP contribution < -0.4 is 5.32 Å². The normalized spacial score (nSPS) is 12.9. The molecule has 0 unspecified atom stereocenters. The number of hydrogen-bond acceptors (Lipinski definition) is 4. The molecule has 0 aliphatic carbocycles. The summed E-state index contributed by atoms with van der Waals surface area (Å²) >= 11 is 5.51. The zero-order valence-corrected chi connectivity index (χ0v) is 14.3. The molecule has 9 heteroatoms.